The van der Waals surface area contributed by atoms with Crippen molar-refractivity contribution in [1.29, 1.82) is 0 Å². The summed E-state index contributed by atoms with van der Waals surface area (Å²) < 4.78 is 10.6. The van der Waals surface area contributed by atoms with Gasteiger partial charge in [-0.1, -0.05) is 12.1 Å². The van der Waals surface area contributed by atoms with Gasteiger partial charge in [0.2, 0.25) is 5.91 Å². The van der Waals surface area contributed by atoms with E-state index in [2.05, 4.69) is 10.5 Å². The summed E-state index contributed by atoms with van der Waals surface area (Å²) in [6, 6.07) is 13.5. The number of nitrogens with one attached hydrogen (secondary N) is 1. The molecule has 0 aliphatic carbocycles. The van der Waals surface area contributed by atoms with Gasteiger partial charge in [-0.2, -0.15) is 5.10 Å². The fraction of sp³-hybridized carbons (Fsp3) is 0.0952. The number of carbonyl (C=O) groups is 2. The second-order valence-electron chi connectivity index (χ2n) is 6.31. The lowest BCUT2D eigenvalue weighted by Crippen LogP contribution is -2.19. The van der Waals surface area contributed by atoms with Gasteiger partial charge < -0.3 is 14.3 Å². The van der Waals surface area contributed by atoms with Gasteiger partial charge in [0, 0.05) is 17.7 Å². The lowest BCUT2D eigenvalue weighted by Gasteiger charge is -2.03. The molecular weight excluding hydrogens is 406 g/mol. The number of methoxy groups -OCH3 is 1. The monoisotopic (exact) mass is 423 g/mol. The zero-order valence-corrected chi connectivity index (χ0v) is 16.3. The molecule has 0 saturated carbocycles. The molecule has 0 bridgehead atoms. The van der Waals surface area contributed by atoms with Gasteiger partial charge in [-0.05, 0) is 35.9 Å². The van der Waals surface area contributed by atoms with Gasteiger partial charge in [-0.15, -0.1) is 0 Å². The van der Waals surface area contributed by atoms with Crippen LogP contribution in [-0.4, -0.2) is 35.2 Å². The number of hydrogen-bond acceptors (Lipinski definition) is 7. The molecule has 2 aromatic carbocycles. The molecular formula is C21H17N3O7. The Balaban J connectivity index is 1.67. The number of furan rings is 1. The predicted molar refractivity (Wildman–Crippen MR) is 110 cm³/mol. The number of ether oxygens (including phenoxy) is 1. The molecule has 1 aromatic heterocycles. The number of carbonyl (C=O) groups excluding carboxylic acids is 1. The first kappa shape index (κ1) is 21.2. The fourth-order valence-corrected chi connectivity index (χ4v) is 2.74. The summed E-state index contributed by atoms with van der Waals surface area (Å²) in [7, 11) is 1.56. The molecule has 0 atom stereocenters. The predicted octanol–water partition coefficient (Wildman–Crippen LogP) is 3.25. The summed E-state index contributed by atoms with van der Waals surface area (Å²) in [6.45, 7) is 0. The van der Waals surface area contributed by atoms with Crippen molar-refractivity contribution in [2.24, 2.45) is 5.10 Å². The van der Waals surface area contributed by atoms with Crippen molar-refractivity contribution in [2.45, 2.75) is 6.42 Å². The molecule has 31 heavy (non-hydrogen) atoms. The number of hydrogen-bond donors (Lipinski definition) is 2. The minimum absolute atomic E-state index is 0.121. The number of aromatic carboxylic acids is 1. The maximum Gasteiger partial charge on any atom is 0.336 e. The number of hydrazone groups is 1. The van der Waals surface area contributed by atoms with Crippen LogP contribution in [0, 0.1) is 10.1 Å². The van der Waals surface area contributed by atoms with Crippen molar-refractivity contribution in [2.75, 3.05) is 7.11 Å². The Kier molecular flexibility index (Phi) is 6.41. The first-order valence-corrected chi connectivity index (χ1v) is 8.94. The van der Waals surface area contributed by atoms with E-state index in [1.807, 2.05) is 0 Å². The van der Waals surface area contributed by atoms with Crippen LogP contribution >= 0.6 is 0 Å². The maximum absolute atomic E-state index is 12.0. The van der Waals surface area contributed by atoms with Crippen molar-refractivity contribution in [3.63, 3.8) is 0 Å². The summed E-state index contributed by atoms with van der Waals surface area (Å²) in [5.74, 6) is -0.518. The van der Waals surface area contributed by atoms with Crippen molar-refractivity contribution in [3.8, 4) is 17.1 Å². The number of nitro benzene ring substituents is 1. The number of carboxylic acids is 1. The van der Waals surface area contributed by atoms with Crippen LogP contribution in [0.2, 0.25) is 0 Å². The standard InChI is InChI=1S/C21H17N3O7/c1-30-15-5-2-13(3-6-15)10-20(25)23-22-12-16-7-9-19(31-16)17-8-4-14(24(28)29)11-18(17)21(26)27/h2-9,11-12H,10H2,1H3,(H,23,25)(H,26,27)/b22-12-. The molecule has 10 nitrogen and oxygen atoms in total. The third-order valence-electron chi connectivity index (χ3n) is 4.24. The highest BCUT2D eigenvalue weighted by Crippen LogP contribution is 2.28. The van der Waals surface area contributed by atoms with Crippen LogP contribution in [0.15, 0.2) is 64.1 Å². The van der Waals surface area contributed by atoms with Crippen LogP contribution in [0.3, 0.4) is 0 Å². The normalized spacial score (nSPS) is 10.7. The fourth-order valence-electron chi connectivity index (χ4n) is 2.74. The van der Waals surface area contributed by atoms with Crippen molar-refractivity contribution in [1.82, 2.24) is 5.43 Å². The van der Waals surface area contributed by atoms with Crippen molar-refractivity contribution in [3.05, 3.63) is 81.6 Å². The number of rotatable bonds is 8. The van der Waals surface area contributed by atoms with Gasteiger partial charge in [-0.3, -0.25) is 14.9 Å². The Hall–Kier alpha value is -4.47. The Morgan fingerprint density at radius 3 is 2.58 bits per heavy atom. The molecule has 158 valence electrons. The Morgan fingerprint density at radius 1 is 1.19 bits per heavy atom. The average Bonchev–Trinajstić information content (AvgIpc) is 3.22. The summed E-state index contributed by atoms with van der Waals surface area (Å²) >= 11 is 0. The molecule has 0 aliphatic rings. The van der Waals surface area contributed by atoms with Crippen molar-refractivity contribution >= 4 is 23.8 Å². The van der Waals surface area contributed by atoms with Gasteiger partial charge >= 0.3 is 5.97 Å². The maximum atomic E-state index is 12.0. The smallest absolute Gasteiger partial charge is 0.336 e. The molecule has 3 rings (SSSR count). The average molecular weight is 423 g/mol. The van der Waals surface area contributed by atoms with Crippen LogP contribution in [0.4, 0.5) is 5.69 Å². The summed E-state index contributed by atoms with van der Waals surface area (Å²) in [6.07, 6.45) is 1.39. The molecule has 1 heterocycles. The zero-order chi connectivity index (χ0) is 22.4. The van der Waals surface area contributed by atoms with E-state index in [9.17, 15) is 24.8 Å². The minimum atomic E-state index is -1.32. The molecule has 2 N–H and O–H groups in total. The lowest BCUT2D eigenvalue weighted by molar-refractivity contribution is -0.384. The molecule has 0 spiro atoms. The molecule has 1 amide bonds. The van der Waals surface area contributed by atoms with E-state index < -0.39 is 10.9 Å². The van der Waals surface area contributed by atoms with E-state index in [1.54, 1.807) is 31.4 Å². The van der Waals surface area contributed by atoms with Crippen LogP contribution in [0.1, 0.15) is 21.7 Å². The van der Waals surface area contributed by atoms with Crippen LogP contribution in [0.5, 0.6) is 5.75 Å². The van der Waals surface area contributed by atoms with Gasteiger partial charge in [0.05, 0.1) is 30.2 Å². The summed E-state index contributed by atoms with van der Waals surface area (Å²) in [5, 5.41) is 24.0. The van der Waals surface area contributed by atoms with E-state index in [4.69, 9.17) is 9.15 Å². The van der Waals surface area contributed by atoms with E-state index in [-0.39, 0.29) is 40.7 Å². The van der Waals surface area contributed by atoms with Gasteiger partial charge in [0.15, 0.2) is 0 Å². The van der Waals surface area contributed by atoms with E-state index >= 15 is 0 Å². The number of nitro groups is 1. The van der Waals surface area contributed by atoms with Gasteiger partial charge in [0.1, 0.15) is 17.3 Å². The Labute approximate surface area is 175 Å². The zero-order valence-electron chi connectivity index (χ0n) is 16.3. The number of amides is 1. The molecule has 0 aliphatic heterocycles. The highest BCUT2D eigenvalue weighted by Gasteiger charge is 2.19. The van der Waals surface area contributed by atoms with Crippen LogP contribution < -0.4 is 10.2 Å². The Morgan fingerprint density at radius 2 is 1.94 bits per heavy atom. The minimum Gasteiger partial charge on any atom is -0.497 e. The first-order chi connectivity index (χ1) is 14.9. The van der Waals surface area contributed by atoms with Crippen LogP contribution in [0.25, 0.3) is 11.3 Å². The molecule has 0 radical (unpaired) electrons. The molecule has 0 unspecified atom stereocenters. The number of non-ortho nitro benzene ring substituents is 1. The SMILES string of the molecule is COc1ccc(CC(=O)N/N=C\c2ccc(-c3ccc([N+](=O)[O-])cc3C(=O)O)o2)cc1. The highest BCUT2D eigenvalue weighted by molar-refractivity contribution is 5.96. The van der Waals surface area contributed by atoms with Crippen LogP contribution in [-0.2, 0) is 11.2 Å². The van der Waals surface area contributed by atoms with Gasteiger partial charge in [0.25, 0.3) is 5.69 Å². The first-order valence-electron chi connectivity index (χ1n) is 8.94. The summed E-state index contributed by atoms with van der Waals surface area (Å²) in [5.41, 5.74) is 2.74. The molecule has 3 aromatic rings. The number of carboxylic acid groups (broad SMARTS) is 1. The highest BCUT2D eigenvalue weighted by atomic mass is 16.6. The number of nitrogens with zero attached hydrogens (tertiary/aromatic N) is 2. The third-order valence-corrected chi connectivity index (χ3v) is 4.24. The summed E-state index contributed by atoms with van der Waals surface area (Å²) in [4.78, 5) is 33.6. The van der Waals surface area contributed by atoms with E-state index in [1.165, 1.54) is 30.5 Å². The molecule has 0 fully saturated rings. The molecule has 10 heteroatoms. The lowest BCUT2D eigenvalue weighted by atomic mass is 10.0. The largest absolute Gasteiger partial charge is 0.497 e. The Bertz CT molecular complexity index is 1150. The third kappa shape index (κ3) is 5.32. The van der Waals surface area contributed by atoms with Gasteiger partial charge in [-0.25, -0.2) is 10.2 Å². The topological polar surface area (TPSA) is 144 Å². The van der Waals surface area contributed by atoms with E-state index in [0.29, 0.717) is 5.75 Å². The van der Waals surface area contributed by atoms with E-state index in [0.717, 1.165) is 11.6 Å². The quantitative estimate of drug-likeness (QED) is 0.321. The number of benzene rings is 2. The second-order valence-corrected chi connectivity index (χ2v) is 6.31. The second kappa shape index (κ2) is 9.35. The molecule has 0 saturated heterocycles. The van der Waals surface area contributed by atoms with Crippen molar-refractivity contribution < 1.29 is 28.8 Å².